The zero-order chi connectivity index (χ0) is 21.1. The third-order valence-corrected chi connectivity index (χ3v) is 5.12. The average Bonchev–Trinajstić information content (AvgIpc) is 2.80. The quantitative estimate of drug-likeness (QED) is 0.497. The summed E-state index contributed by atoms with van der Waals surface area (Å²) in [5.41, 5.74) is 1.96. The van der Waals surface area contributed by atoms with Gasteiger partial charge in [-0.15, -0.1) is 0 Å². The number of benzene rings is 2. The average molecular weight is 420 g/mol. The highest BCUT2D eigenvalue weighted by molar-refractivity contribution is 6.35. The predicted molar refractivity (Wildman–Crippen MR) is 115 cm³/mol. The molecule has 4 rings (SSSR count). The van der Waals surface area contributed by atoms with Gasteiger partial charge in [-0.2, -0.15) is 0 Å². The molecular weight excluding hydrogens is 402 g/mol. The van der Waals surface area contributed by atoms with Gasteiger partial charge in [0.15, 0.2) is 0 Å². The van der Waals surface area contributed by atoms with Gasteiger partial charge in [-0.25, -0.2) is 0 Å². The van der Waals surface area contributed by atoms with Gasteiger partial charge < -0.3 is 15.2 Å². The number of aromatic nitrogens is 2. The Balaban J connectivity index is 1.83. The van der Waals surface area contributed by atoms with Gasteiger partial charge in [0, 0.05) is 29.5 Å². The number of halogens is 1. The fourth-order valence-electron chi connectivity index (χ4n) is 3.27. The van der Waals surface area contributed by atoms with Crippen LogP contribution in [0.15, 0.2) is 73.2 Å². The van der Waals surface area contributed by atoms with Crippen LogP contribution in [0.2, 0.25) is 5.02 Å². The molecule has 2 heterocycles. The maximum absolute atomic E-state index is 12.9. The summed E-state index contributed by atoms with van der Waals surface area (Å²) in [5.74, 6) is 0.307. The molecule has 0 bridgehead atoms. The number of nitrogens with zero attached hydrogens (tertiary/aromatic N) is 2. The van der Waals surface area contributed by atoms with Gasteiger partial charge in [0.25, 0.3) is 5.91 Å². The van der Waals surface area contributed by atoms with Crippen LogP contribution >= 0.6 is 11.6 Å². The van der Waals surface area contributed by atoms with Crippen LogP contribution in [0.5, 0.6) is 11.5 Å². The molecule has 0 saturated heterocycles. The molecule has 0 unspecified atom stereocenters. The first kappa shape index (κ1) is 19.7. The second kappa shape index (κ2) is 8.39. The lowest BCUT2D eigenvalue weighted by Gasteiger charge is -2.22. The number of hydrogen-bond donors (Lipinski definition) is 2. The molecule has 2 aromatic carbocycles. The Morgan fingerprint density at radius 1 is 1.13 bits per heavy atom. The van der Waals surface area contributed by atoms with Crippen molar-refractivity contribution in [1.29, 1.82) is 0 Å². The SMILES string of the molecule is COc1ccc([C@@H](NC(=O)c2cccnc2)c2cc(Cl)c3cccnc3c2O)cc1. The summed E-state index contributed by atoms with van der Waals surface area (Å²) >= 11 is 6.47. The fraction of sp³-hybridized carbons (Fsp3) is 0.0870. The van der Waals surface area contributed by atoms with Crippen molar-refractivity contribution in [2.45, 2.75) is 6.04 Å². The summed E-state index contributed by atoms with van der Waals surface area (Å²) in [7, 11) is 1.58. The molecule has 0 spiro atoms. The van der Waals surface area contributed by atoms with Crippen LogP contribution in [-0.4, -0.2) is 28.1 Å². The number of carbonyl (C=O) groups excluding carboxylic acids is 1. The van der Waals surface area contributed by atoms with E-state index in [9.17, 15) is 9.90 Å². The second-order valence-corrected chi connectivity index (χ2v) is 7.02. The van der Waals surface area contributed by atoms with E-state index in [4.69, 9.17) is 16.3 Å². The van der Waals surface area contributed by atoms with Crippen LogP contribution in [0.3, 0.4) is 0 Å². The molecule has 30 heavy (non-hydrogen) atoms. The minimum Gasteiger partial charge on any atom is -0.505 e. The number of hydrogen-bond acceptors (Lipinski definition) is 5. The Hall–Kier alpha value is -3.64. The Morgan fingerprint density at radius 3 is 2.60 bits per heavy atom. The number of fused-ring (bicyclic) bond motifs is 1. The summed E-state index contributed by atoms with van der Waals surface area (Å²) in [6.07, 6.45) is 4.66. The van der Waals surface area contributed by atoms with Crippen molar-refractivity contribution in [3.8, 4) is 11.5 Å². The largest absolute Gasteiger partial charge is 0.505 e. The molecule has 1 atom stereocenters. The van der Waals surface area contributed by atoms with Crippen LogP contribution in [0.4, 0.5) is 0 Å². The van der Waals surface area contributed by atoms with Crippen LogP contribution in [0.25, 0.3) is 10.9 Å². The molecule has 1 amide bonds. The number of amides is 1. The van der Waals surface area contributed by atoms with E-state index < -0.39 is 6.04 Å². The van der Waals surface area contributed by atoms with Crippen LogP contribution < -0.4 is 10.1 Å². The molecule has 0 aliphatic carbocycles. The monoisotopic (exact) mass is 419 g/mol. The summed E-state index contributed by atoms with van der Waals surface area (Å²) in [6.45, 7) is 0. The minimum atomic E-state index is -0.674. The maximum Gasteiger partial charge on any atom is 0.253 e. The Bertz CT molecular complexity index is 1200. The standard InChI is InChI=1S/C23H18ClN3O3/c1-30-16-8-6-14(7-9-16)20(27-23(29)15-4-2-10-25-13-15)18-12-19(24)17-5-3-11-26-21(17)22(18)28/h2-13,20,28H,1H3,(H,27,29)/t20-/m1/s1. The number of nitrogens with one attached hydrogen (secondary N) is 1. The first-order valence-electron chi connectivity index (χ1n) is 9.19. The second-order valence-electron chi connectivity index (χ2n) is 6.62. The van der Waals surface area contributed by atoms with Gasteiger partial charge >= 0.3 is 0 Å². The molecule has 6 nitrogen and oxygen atoms in total. The molecule has 0 fully saturated rings. The topological polar surface area (TPSA) is 84.3 Å². The van der Waals surface area contributed by atoms with Crippen molar-refractivity contribution in [2.24, 2.45) is 0 Å². The summed E-state index contributed by atoms with van der Waals surface area (Å²) in [6, 6.07) is 15.1. The zero-order valence-electron chi connectivity index (χ0n) is 16.0. The van der Waals surface area contributed by atoms with E-state index in [1.54, 1.807) is 62.0 Å². The maximum atomic E-state index is 12.9. The van der Waals surface area contributed by atoms with Crippen molar-refractivity contribution in [1.82, 2.24) is 15.3 Å². The molecule has 150 valence electrons. The molecule has 0 aliphatic rings. The number of aromatic hydroxyl groups is 1. The highest BCUT2D eigenvalue weighted by Gasteiger charge is 2.24. The molecule has 0 saturated carbocycles. The van der Waals surface area contributed by atoms with E-state index in [1.165, 1.54) is 6.20 Å². The fourth-order valence-corrected chi connectivity index (χ4v) is 3.54. The van der Waals surface area contributed by atoms with Gasteiger partial charge in [-0.3, -0.25) is 14.8 Å². The lowest BCUT2D eigenvalue weighted by Crippen LogP contribution is -2.29. The lowest BCUT2D eigenvalue weighted by molar-refractivity contribution is 0.0942. The van der Waals surface area contributed by atoms with Crippen LogP contribution in [-0.2, 0) is 0 Å². The van der Waals surface area contributed by atoms with E-state index in [1.807, 2.05) is 12.1 Å². The van der Waals surface area contributed by atoms with E-state index in [2.05, 4.69) is 15.3 Å². The highest BCUT2D eigenvalue weighted by Crippen LogP contribution is 2.38. The van der Waals surface area contributed by atoms with Crippen molar-refractivity contribution < 1.29 is 14.6 Å². The third-order valence-electron chi connectivity index (χ3n) is 4.80. The zero-order valence-corrected chi connectivity index (χ0v) is 16.8. The van der Waals surface area contributed by atoms with E-state index >= 15 is 0 Å². The Labute approximate surface area is 178 Å². The normalized spacial score (nSPS) is 11.8. The molecule has 4 aromatic rings. The number of ether oxygens (including phenoxy) is 1. The first-order valence-corrected chi connectivity index (χ1v) is 9.57. The van der Waals surface area contributed by atoms with Crippen LogP contribution in [0.1, 0.15) is 27.5 Å². The predicted octanol–water partition coefficient (Wildman–Crippen LogP) is 4.52. The first-order chi connectivity index (χ1) is 14.6. The number of carbonyl (C=O) groups is 1. The number of phenols is 1. The van der Waals surface area contributed by atoms with Crippen molar-refractivity contribution in [3.05, 3.63) is 94.9 Å². The lowest BCUT2D eigenvalue weighted by atomic mass is 9.95. The van der Waals surface area contributed by atoms with E-state index in [0.29, 0.717) is 32.8 Å². The van der Waals surface area contributed by atoms with Gasteiger partial charge in [0.1, 0.15) is 17.0 Å². The summed E-state index contributed by atoms with van der Waals surface area (Å²) < 4.78 is 5.23. The van der Waals surface area contributed by atoms with E-state index in [-0.39, 0.29) is 11.7 Å². The van der Waals surface area contributed by atoms with Crippen molar-refractivity contribution in [3.63, 3.8) is 0 Å². The minimum absolute atomic E-state index is 0.0395. The van der Waals surface area contributed by atoms with Gasteiger partial charge in [-0.05, 0) is 48.0 Å². The molecule has 0 aliphatic heterocycles. The van der Waals surface area contributed by atoms with Crippen molar-refractivity contribution in [2.75, 3.05) is 7.11 Å². The molecule has 0 radical (unpaired) electrons. The van der Waals surface area contributed by atoms with Crippen LogP contribution in [0, 0.1) is 0 Å². The van der Waals surface area contributed by atoms with Gasteiger partial charge in [0.2, 0.25) is 0 Å². The number of phenolic OH excluding ortho intramolecular Hbond substituents is 1. The number of methoxy groups -OCH3 is 1. The highest BCUT2D eigenvalue weighted by atomic mass is 35.5. The molecular formula is C23H18ClN3O3. The van der Waals surface area contributed by atoms with E-state index in [0.717, 1.165) is 5.56 Å². The molecule has 2 N–H and O–H groups in total. The summed E-state index contributed by atoms with van der Waals surface area (Å²) in [4.78, 5) is 21.1. The Morgan fingerprint density at radius 2 is 1.90 bits per heavy atom. The Kier molecular flexibility index (Phi) is 5.50. The van der Waals surface area contributed by atoms with Gasteiger partial charge in [0.05, 0.1) is 23.7 Å². The molecule has 7 heteroatoms. The smallest absolute Gasteiger partial charge is 0.253 e. The third kappa shape index (κ3) is 3.77. The summed E-state index contributed by atoms with van der Waals surface area (Å²) in [5, 5.41) is 15.0. The molecule has 2 aromatic heterocycles. The van der Waals surface area contributed by atoms with Gasteiger partial charge in [-0.1, -0.05) is 23.7 Å². The van der Waals surface area contributed by atoms with Crippen molar-refractivity contribution >= 4 is 28.4 Å². The number of pyridine rings is 2. The number of rotatable bonds is 5.